The number of aryl methyl sites for hydroxylation is 1. The highest BCUT2D eigenvalue weighted by Crippen LogP contribution is 2.40. The van der Waals surface area contributed by atoms with Crippen molar-refractivity contribution in [1.82, 2.24) is 19.6 Å². The van der Waals surface area contributed by atoms with E-state index in [2.05, 4.69) is 20.4 Å². The van der Waals surface area contributed by atoms with Gasteiger partial charge in [0.25, 0.3) is 12.3 Å². The third-order valence-corrected chi connectivity index (χ3v) is 4.65. The molecule has 1 aliphatic rings. The molecule has 3 heterocycles. The molecule has 4 rings (SSSR count). The fourth-order valence-corrected chi connectivity index (χ4v) is 3.15. The van der Waals surface area contributed by atoms with E-state index >= 15 is 0 Å². The zero-order valence-corrected chi connectivity index (χ0v) is 13.5. The van der Waals surface area contributed by atoms with Gasteiger partial charge in [0.05, 0.1) is 6.20 Å². The van der Waals surface area contributed by atoms with Crippen molar-refractivity contribution in [3.63, 3.8) is 0 Å². The van der Waals surface area contributed by atoms with E-state index in [1.807, 2.05) is 6.92 Å². The van der Waals surface area contributed by atoms with Crippen LogP contribution in [0.1, 0.15) is 51.8 Å². The second-order valence-corrected chi connectivity index (χ2v) is 6.94. The number of nitrogens with zero attached hydrogens (tertiary/aromatic N) is 4. The van der Waals surface area contributed by atoms with Gasteiger partial charge in [0.2, 0.25) is 0 Å². The zero-order chi connectivity index (χ0) is 16.8. The molecule has 0 saturated heterocycles. The first-order chi connectivity index (χ1) is 11.5. The highest BCUT2D eigenvalue weighted by Gasteiger charge is 2.29. The van der Waals surface area contributed by atoms with Gasteiger partial charge >= 0.3 is 0 Å². The minimum Gasteiger partial charge on any atom is -0.298 e. The smallest absolute Gasteiger partial charge is 0.280 e. The summed E-state index contributed by atoms with van der Waals surface area (Å²) in [4.78, 5) is 21.9. The lowest BCUT2D eigenvalue weighted by Gasteiger charge is -2.07. The Morgan fingerprint density at radius 2 is 2.21 bits per heavy atom. The first-order valence-electron chi connectivity index (χ1n) is 7.43. The lowest BCUT2D eigenvalue weighted by Crippen LogP contribution is -2.12. The molecule has 1 aliphatic carbocycles. The second kappa shape index (κ2) is 5.59. The third kappa shape index (κ3) is 2.64. The lowest BCUT2D eigenvalue weighted by molar-refractivity contribution is 0.102. The Hall–Kier alpha value is -2.42. The fourth-order valence-electron chi connectivity index (χ4n) is 2.49. The SMILES string of the molecule is Cc1cnc(NC(=O)c2cnn3c(C(F)F)cc(C4CC4)nc23)s1. The molecular weight excluding hydrogens is 336 g/mol. The van der Waals surface area contributed by atoms with E-state index in [0.717, 1.165) is 22.2 Å². The molecule has 1 fully saturated rings. The van der Waals surface area contributed by atoms with E-state index in [-0.39, 0.29) is 22.8 Å². The number of hydrogen-bond acceptors (Lipinski definition) is 5. The number of carbonyl (C=O) groups excluding carboxylic acids is 1. The van der Waals surface area contributed by atoms with Crippen LogP contribution in [0.25, 0.3) is 5.65 Å². The van der Waals surface area contributed by atoms with Gasteiger partial charge in [0.15, 0.2) is 10.8 Å². The van der Waals surface area contributed by atoms with E-state index in [4.69, 9.17) is 0 Å². The molecule has 9 heteroatoms. The Balaban J connectivity index is 1.76. The van der Waals surface area contributed by atoms with E-state index in [9.17, 15) is 13.6 Å². The van der Waals surface area contributed by atoms with Crippen LogP contribution in [0.15, 0.2) is 18.5 Å². The van der Waals surface area contributed by atoms with Gasteiger partial charge in [-0.1, -0.05) is 0 Å². The van der Waals surface area contributed by atoms with Crippen molar-refractivity contribution >= 4 is 28.0 Å². The molecule has 124 valence electrons. The molecule has 6 nitrogen and oxygen atoms in total. The number of rotatable bonds is 4. The molecule has 1 N–H and O–H groups in total. The monoisotopic (exact) mass is 349 g/mol. The van der Waals surface area contributed by atoms with Crippen molar-refractivity contribution < 1.29 is 13.6 Å². The normalized spacial score (nSPS) is 14.5. The van der Waals surface area contributed by atoms with E-state index < -0.39 is 12.3 Å². The largest absolute Gasteiger partial charge is 0.298 e. The van der Waals surface area contributed by atoms with Crippen molar-refractivity contribution in [2.45, 2.75) is 32.1 Å². The minimum atomic E-state index is -2.69. The van der Waals surface area contributed by atoms with Gasteiger partial charge in [-0.25, -0.2) is 23.3 Å². The van der Waals surface area contributed by atoms with Crippen molar-refractivity contribution in [2.24, 2.45) is 0 Å². The quantitative estimate of drug-likeness (QED) is 0.782. The van der Waals surface area contributed by atoms with Crippen LogP contribution in [0, 0.1) is 6.92 Å². The lowest BCUT2D eigenvalue weighted by atomic mass is 10.2. The average Bonchev–Trinajstić information content (AvgIpc) is 3.18. The number of fused-ring (bicyclic) bond motifs is 1. The number of anilines is 1. The number of thiazole rings is 1. The van der Waals surface area contributed by atoms with Crippen LogP contribution >= 0.6 is 11.3 Å². The van der Waals surface area contributed by atoms with Crippen LogP contribution in [-0.4, -0.2) is 25.5 Å². The summed E-state index contributed by atoms with van der Waals surface area (Å²) in [7, 11) is 0. The standard InChI is InChI=1S/C15H13F2N5OS/c1-7-5-18-15(24-7)21-14(23)9-6-19-22-11(12(16)17)4-10(8-2-3-8)20-13(9)22/h4-6,8,12H,2-3H2,1H3,(H,18,21,23). The zero-order valence-electron chi connectivity index (χ0n) is 12.7. The topological polar surface area (TPSA) is 72.2 Å². The third-order valence-electron chi connectivity index (χ3n) is 3.82. The summed E-state index contributed by atoms with van der Waals surface area (Å²) in [6, 6.07) is 1.38. The number of alkyl halides is 2. The van der Waals surface area contributed by atoms with Gasteiger partial charge < -0.3 is 0 Å². The summed E-state index contributed by atoms with van der Waals surface area (Å²) in [5.74, 6) is -0.264. The van der Waals surface area contributed by atoms with Gasteiger partial charge in [-0.2, -0.15) is 5.10 Å². The average molecular weight is 349 g/mol. The van der Waals surface area contributed by atoms with E-state index in [1.54, 1.807) is 6.20 Å². The van der Waals surface area contributed by atoms with Crippen LogP contribution in [-0.2, 0) is 0 Å². The summed E-state index contributed by atoms with van der Waals surface area (Å²) >= 11 is 1.33. The molecule has 0 aliphatic heterocycles. The van der Waals surface area contributed by atoms with Crippen molar-refractivity contribution in [1.29, 1.82) is 0 Å². The summed E-state index contributed by atoms with van der Waals surface area (Å²) in [6.45, 7) is 1.88. The maximum absolute atomic E-state index is 13.3. The molecule has 0 aromatic carbocycles. The Morgan fingerprint density at radius 1 is 1.42 bits per heavy atom. The number of amides is 1. The van der Waals surface area contributed by atoms with Crippen LogP contribution in [0.4, 0.5) is 13.9 Å². The van der Waals surface area contributed by atoms with E-state index in [0.29, 0.717) is 10.8 Å². The van der Waals surface area contributed by atoms with Gasteiger partial charge in [0, 0.05) is 22.7 Å². The van der Waals surface area contributed by atoms with Crippen LogP contribution in [0.3, 0.4) is 0 Å². The summed E-state index contributed by atoms with van der Waals surface area (Å²) < 4.78 is 27.7. The molecule has 1 saturated carbocycles. The minimum absolute atomic E-state index is 0.153. The molecule has 0 unspecified atom stereocenters. The van der Waals surface area contributed by atoms with Crippen LogP contribution < -0.4 is 5.32 Å². The van der Waals surface area contributed by atoms with Gasteiger partial charge in [-0.3, -0.25) is 10.1 Å². The van der Waals surface area contributed by atoms with Gasteiger partial charge in [-0.15, -0.1) is 11.3 Å². The first kappa shape index (κ1) is 15.1. The molecule has 24 heavy (non-hydrogen) atoms. The molecule has 3 aromatic rings. The van der Waals surface area contributed by atoms with Crippen molar-refractivity contribution in [3.05, 3.63) is 40.3 Å². The van der Waals surface area contributed by atoms with E-state index in [1.165, 1.54) is 23.6 Å². The first-order valence-corrected chi connectivity index (χ1v) is 8.25. The number of halogens is 2. The maximum atomic E-state index is 13.3. The Kier molecular flexibility index (Phi) is 3.52. The number of carbonyl (C=O) groups is 1. The van der Waals surface area contributed by atoms with Crippen molar-refractivity contribution in [3.8, 4) is 0 Å². The predicted octanol–water partition coefficient (Wildman–Crippen LogP) is 3.56. The maximum Gasteiger partial charge on any atom is 0.280 e. The van der Waals surface area contributed by atoms with Crippen molar-refractivity contribution in [2.75, 3.05) is 5.32 Å². The molecule has 3 aromatic heterocycles. The number of hydrogen-bond donors (Lipinski definition) is 1. The van der Waals surface area contributed by atoms with Gasteiger partial charge in [-0.05, 0) is 25.8 Å². The Bertz CT molecular complexity index is 931. The van der Waals surface area contributed by atoms with Gasteiger partial charge in [0.1, 0.15) is 11.3 Å². The molecule has 1 amide bonds. The summed E-state index contributed by atoms with van der Waals surface area (Å²) in [5.41, 5.74) is 0.663. The fraction of sp³-hybridized carbons (Fsp3) is 0.333. The molecule has 0 bridgehead atoms. The molecular formula is C15H13F2N5OS. The summed E-state index contributed by atoms with van der Waals surface area (Å²) in [6.07, 6.45) is 2.08. The second-order valence-electron chi connectivity index (χ2n) is 5.70. The van der Waals surface area contributed by atoms with Crippen LogP contribution in [0.5, 0.6) is 0 Å². The highest BCUT2D eigenvalue weighted by molar-refractivity contribution is 7.15. The predicted molar refractivity (Wildman–Crippen MR) is 84.7 cm³/mol. The molecule has 0 spiro atoms. The molecule has 0 radical (unpaired) electrons. The number of aromatic nitrogens is 4. The Morgan fingerprint density at radius 3 is 2.83 bits per heavy atom. The highest BCUT2D eigenvalue weighted by atomic mass is 32.1. The Labute approximate surface area is 139 Å². The van der Waals surface area contributed by atoms with Crippen LogP contribution in [0.2, 0.25) is 0 Å². The molecule has 0 atom stereocenters. The number of nitrogens with one attached hydrogen (secondary N) is 1. The summed E-state index contributed by atoms with van der Waals surface area (Å²) in [5, 5.41) is 7.03.